The Morgan fingerprint density at radius 1 is 1.28 bits per heavy atom. The smallest absolute Gasteiger partial charge is 0.328 e. The molecule has 2 aromatic heterocycles. The summed E-state index contributed by atoms with van der Waals surface area (Å²) in [5, 5.41) is 12.7. The Labute approximate surface area is 158 Å². The second-order valence-corrected chi connectivity index (χ2v) is 7.87. The summed E-state index contributed by atoms with van der Waals surface area (Å²) < 4.78 is 2.74. The van der Waals surface area contributed by atoms with Crippen molar-refractivity contribution in [2.24, 2.45) is 7.05 Å². The van der Waals surface area contributed by atoms with E-state index in [-0.39, 0.29) is 6.03 Å². The maximum Gasteiger partial charge on any atom is 0.328 e. The predicted octanol–water partition coefficient (Wildman–Crippen LogP) is 4.70. The number of amides is 2. The normalized spacial score (nSPS) is 10.7. The summed E-state index contributed by atoms with van der Waals surface area (Å²) in [4.78, 5) is 15.1. The first kappa shape index (κ1) is 17.7. The molecule has 3 aromatic rings. The van der Waals surface area contributed by atoms with E-state index in [1.165, 1.54) is 22.7 Å². The Balaban J connectivity index is 1.85. The Hall–Kier alpha value is -2.10. The number of thiazole rings is 1. The van der Waals surface area contributed by atoms with Gasteiger partial charge in [0.2, 0.25) is 5.13 Å². The molecule has 0 aliphatic rings. The van der Waals surface area contributed by atoms with Crippen LogP contribution in [0.2, 0.25) is 0 Å². The molecule has 2 amide bonds. The van der Waals surface area contributed by atoms with E-state index in [0.29, 0.717) is 11.7 Å². The van der Waals surface area contributed by atoms with E-state index in [1.807, 2.05) is 55.8 Å². The molecule has 0 unspecified atom stereocenters. The highest BCUT2D eigenvalue weighted by Gasteiger charge is 2.21. The van der Waals surface area contributed by atoms with Crippen LogP contribution in [-0.2, 0) is 7.05 Å². The maximum atomic E-state index is 12.6. The number of hydrogen-bond acceptors (Lipinski definition) is 6. The molecule has 0 spiro atoms. The average Bonchev–Trinajstić information content (AvgIpc) is 3.17. The molecule has 0 fully saturated rings. The quantitative estimate of drug-likeness (QED) is 0.655. The van der Waals surface area contributed by atoms with Crippen molar-refractivity contribution in [3.05, 3.63) is 40.0 Å². The number of urea groups is 1. The van der Waals surface area contributed by atoms with E-state index in [9.17, 15) is 4.79 Å². The third-order valence-electron chi connectivity index (χ3n) is 3.72. The zero-order valence-corrected chi connectivity index (χ0v) is 16.5. The monoisotopic (exact) mass is 391 g/mol. The molecule has 0 aliphatic heterocycles. The Kier molecular flexibility index (Phi) is 5.26. The highest BCUT2D eigenvalue weighted by molar-refractivity contribution is 7.73. The second kappa shape index (κ2) is 7.42. The molecule has 0 saturated heterocycles. The number of carbonyl (C=O) groups excluding carboxylic acids is 1. The average molecular weight is 392 g/mol. The SMILES string of the molecule is CCN(C(=O)Nc1ccccc1)c1nnc(-c2sc(=S)n(C)c2C)s1. The molecule has 0 radical (unpaired) electrons. The van der Waals surface area contributed by atoms with Gasteiger partial charge in [-0.3, -0.25) is 4.90 Å². The fourth-order valence-corrected chi connectivity index (χ4v) is 4.61. The van der Waals surface area contributed by atoms with Crippen LogP contribution >= 0.6 is 34.9 Å². The Bertz CT molecular complexity index is 944. The van der Waals surface area contributed by atoms with Crippen molar-refractivity contribution >= 4 is 51.7 Å². The summed E-state index contributed by atoms with van der Waals surface area (Å²) in [6, 6.07) is 9.12. The first-order valence-corrected chi connectivity index (χ1v) is 9.69. The van der Waals surface area contributed by atoms with Gasteiger partial charge in [0.25, 0.3) is 0 Å². The number of rotatable bonds is 4. The second-order valence-electron chi connectivity index (χ2n) is 5.27. The van der Waals surface area contributed by atoms with Gasteiger partial charge in [0.15, 0.2) is 8.96 Å². The molecule has 3 rings (SSSR count). The zero-order valence-electron chi connectivity index (χ0n) is 14.0. The topological polar surface area (TPSA) is 63.1 Å². The van der Waals surface area contributed by atoms with Gasteiger partial charge in [-0.25, -0.2) is 4.79 Å². The molecule has 0 saturated carbocycles. The van der Waals surface area contributed by atoms with Gasteiger partial charge in [0.05, 0.1) is 4.88 Å². The van der Waals surface area contributed by atoms with Crippen LogP contribution in [0, 0.1) is 10.9 Å². The lowest BCUT2D eigenvalue weighted by molar-refractivity contribution is 0.257. The molecule has 1 N–H and O–H groups in total. The van der Waals surface area contributed by atoms with Crippen molar-refractivity contribution < 1.29 is 4.79 Å². The van der Waals surface area contributed by atoms with Gasteiger partial charge in [-0.1, -0.05) is 29.5 Å². The molecule has 0 atom stereocenters. The number of para-hydroxylation sites is 1. The number of carbonyl (C=O) groups is 1. The van der Waals surface area contributed by atoms with Crippen LogP contribution in [0.3, 0.4) is 0 Å². The standard InChI is InChI=1S/C16H17N5OS3/c1-4-21(14(22)17-11-8-6-5-7-9-11)15-19-18-13(25-15)12-10(2)20(3)16(23)24-12/h5-9H,4H2,1-3H3,(H,17,22). The van der Waals surface area contributed by atoms with Crippen LogP contribution in [0.4, 0.5) is 15.6 Å². The van der Waals surface area contributed by atoms with E-state index in [1.54, 1.807) is 4.90 Å². The van der Waals surface area contributed by atoms with Crippen molar-refractivity contribution in [2.75, 3.05) is 16.8 Å². The van der Waals surface area contributed by atoms with E-state index < -0.39 is 0 Å². The van der Waals surface area contributed by atoms with Crippen LogP contribution < -0.4 is 10.2 Å². The van der Waals surface area contributed by atoms with Crippen LogP contribution in [-0.4, -0.2) is 27.3 Å². The summed E-state index contributed by atoms with van der Waals surface area (Å²) in [6.45, 7) is 4.41. The molecular weight excluding hydrogens is 374 g/mol. The van der Waals surface area contributed by atoms with Crippen LogP contribution in [0.5, 0.6) is 0 Å². The van der Waals surface area contributed by atoms with Crippen LogP contribution in [0.15, 0.2) is 30.3 Å². The minimum Gasteiger partial charge on any atom is -0.330 e. The Morgan fingerprint density at radius 2 is 2.00 bits per heavy atom. The summed E-state index contributed by atoms with van der Waals surface area (Å²) in [5.74, 6) is 0. The van der Waals surface area contributed by atoms with Crippen LogP contribution in [0.25, 0.3) is 9.88 Å². The molecule has 1 aromatic carbocycles. The summed E-state index contributed by atoms with van der Waals surface area (Å²) in [6.07, 6.45) is 0. The van der Waals surface area contributed by atoms with Gasteiger partial charge in [0.1, 0.15) is 0 Å². The number of nitrogens with zero attached hydrogens (tertiary/aromatic N) is 4. The molecule has 130 valence electrons. The first-order chi connectivity index (χ1) is 12.0. The third kappa shape index (κ3) is 3.63. The summed E-state index contributed by atoms with van der Waals surface area (Å²) in [5.41, 5.74) is 1.79. The van der Waals surface area contributed by atoms with Crippen molar-refractivity contribution in [1.82, 2.24) is 14.8 Å². The van der Waals surface area contributed by atoms with E-state index >= 15 is 0 Å². The largest absolute Gasteiger partial charge is 0.330 e. The Morgan fingerprint density at radius 3 is 2.60 bits per heavy atom. The number of benzene rings is 1. The van der Waals surface area contributed by atoms with Gasteiger partial charge in [-0.15, -0.1) is 21.5 Å². The van der Waals surface area contributed by atoms with Crippen molar-refractivity contribution in [3.63, 3.8) is 0 Å². The lowest BCUT2D eigenvalue weighted by Gasteiger charge is -2.17. The number of nitrogens with one attached hydrogen (secondary N) is 1. The van der Waals surface area contributed by atoms with E-state index in [0.717, 1.165) is 25.2 Å². The summed E-state index contributed by atoms with van der Waals surface area (Å²) in [7, 11) is 1.94. The minimum absolute atomic E-state index is 0.228. The highest BCUT2D eigenvalue weighted by atomic mass is 32.1. The van der Waals surface area contributed by atoms with Gasteiger partial charge < -0.3 is 9.88 Å². The van der Waals surface area contributed by atoms with Gasteiger partial charge in [-0.2, -0.15) is 0 Å². The van der Waals surface area contributed by atoms with Crippen molar-refractivity contribution in [3.8, 4) is 9.88 Å². The fraction of sp³-hybridized carbons (Fsp3) is 0.250. The van der Waals surface area contributed by atoms with Crippen molar-refractivity contribution in [2.45, 2.75) is 13.8 Å². The van der Waals surface area contributed by atoms with Gasteiger partial charge in [-0.05, 0) is 38.2 Å². The molecule has 2 heterocycles. The predicted molar refractivity (Wildman–Crippen MR) is 106 cm³/mol. The van der Waals surface area contributed by atoms with E-state index in [2.05, 4.69) is 15.5 Å². The molecular formula is C16H17N5OS3. The molecule has 0 bridgehead atoms. The highest BCUT2D eigenvalue weighted by Crippen LogP contribution is 2.35. The minimum atomic E-state index is -0.228. The van der Waals surface area contributed by atoms with Crippen molar-refractivity contribution in [1.29, 1.82) is 0 Å². The van der Waals surface area contributed by atoms with E-state index in [4.69, 9.17) is 12.2 Å². The molecule has 25 heavy (non-hydrogen) atoms. The molecule has 9 heteroatoms. The number of aromatic nitrogens is 3. The van der Waals surface area contributed by atoms with Gasteiger partial charge >= 0.3 is 6.03 Å². The lowest BCUT2D eigenvalue weighted by atomic mass is 10.3. The third-order valence-corrected chi connectivity index (χ3v) is 6.48. The van der Waals surface area contributed by atoms with Crippen LogP contribution in [0.1, 0.15) is 12.6 Å². The first-order valence-electron chi connectivity index (χ1n) is 7.65. The molecule has 0 aliphatic carbocycles. The lowest BCUT2D eigenvalue weighted by Crippen LogP contribution is -2.34. The number of anilines is 2. The number of hydrogen-bond donors (Lipinski definition) is 1. The summed E-state index contributed by atoms with van der Waals surface area (Å²) >= 11 is 8.21. The van der Waals surface area contributed by atoms with Gasteiger partial charge in [0, 0.05) is 25.0 Å². The fourth-order valence-electron chi connectivity index (χ4n) is 2.21. The molecule has 6 nitrogen and oxygen atoms in total. The maximum absolute atomic E-state index is 12.6. The zero-order chi connectivity index (χ0) is 18.0.